The van der Waals surface area contributed by atoms with Crippen molar-refractivity contribution in [2.75, 3.05) is 6.61 Å². The molecule has 1 aliphatic carbocycles. The summed E-state index contributed by atoms with van der Waals surface area (Å²) in [6.07, 6.45) is 26.4. The predicted molar refractivity (Wildman–Crippen MR) is 149 cm³/mol. The van der Waals surface area contributed by atoms with E-state index in [1.807, 2.05) is 6.20 Å². The lowest BCUT2D eigenvalue weighted by Crippen LogP contribution is -2.15. The number of para-hydroxylation sites is 1. The van der Waals surface area contributed by atoms with E-state index >= 15 is 0 Å². The molecule has 0 N–H and O–H groups in total. The van der Waals surface area contributed by atoms with Gasteiger partial charge in [-0.2, -0.15) is 0 Å². The first kappa shape index (κ1) is 27.7. The molecule has 1 aromatic heterocycles. The summed E-state index contributed by atoms with van der Waals surface area (Å²) in [5.41, 5.74) is 3.44. The van der Waals surface area contributed by atoms with Crippen molar-refractivity contribution in [2.45, 2.75) is 123 Å². The summed E-state index contributed by atoms with van der Waals surface area (Å²) in [7, 11) is 0. The van der Waals surface area contributed by atoms with Gasteiger partial charge in [0.1, 0.15) is 12.1 Å². The highest BCUT2D eigenvalue weighted by Crippen LogP contribution is 2.36. The molecule has 0 atom stereocenters. The maximum Gasteiger partial charge on any atom is 0.128 e. The summed E-state index contributed by atoms with van der Waals surface area (Å²) in [5.74, 6) is 2.80. The van der Waals surface area contributed by atoms with Crippen LogP contribution in [-0.2, 0) is 6.42 Å². The molecule has 2 aromatic rings. The molecular weight excluding hydrogens is 428 g/mol. The van der Waals surface area contributed by atoms with Gasteiger partial charge in [0.05, 0.1) is 12.3 Å². The van der Waals surface area contributed by atoms with Gasteiger partial charge in [-0.25, -0.2) is 9.97 Å². The minimum Gasteiger partial charge on any atom is -0.493 e. The lowest BCUT2D eigenvalue weighted by molar-refractivity contribution is 0.250. The Labute approximate surface area is 215 Å². The Bertz CT molecular complexity index is 813. The van der Waals surface area contributed by atoms with Crippen LogP contribution in [0.1, 0.15) is 122 Å². The van der Waals surface area contributed by atoms with E-state index in [-0.39, 0.29) is 0 Å². The second-order valence-corrected chi connectivity index (χ2v) is 10.8. The average molecular weight is 479 g/mol. The maximum atomic E-state index is 6.27. The third-order valence-corrected chi connectivity index (χ3v) is 7.94. The van der Waals surface area contributed by atoms with Crippen LogP contribution >= 0.6 is 0 Å². The molecule has 1 saturated carbocycles. The van der Waals surface area contributed by atoms with Crippen molar-refractivity contribution in [2.24, 2.45) is 11.8 Å². The predicted octanol–water partition coefficient (Wildman–Crippen LogP) is 9.59. The number of benzene rings is 1. The van der Waals surface area contributed by atoms with Crippen LogP contribution < -0.4 is 4.74 Å². The fraction of sp³-hybridized carbons (Fsp3) is 0.688. The summed E-state index contributed by atoms with van der Waals surface area (Å²) in [5, 5.41) is 0. The smallest absolute Gasteiger partial charge is 0.128 e. The van der Waals surface area contributed by atoms with Gasteiger partial charge in [-0.15, -0.1) is 0 Å². The SMILES string of the molecule is CCCCCCCCCCOc1ccccc1-c1ncncc1CCC1CCC(CCCC)CC1. The van der Waals surface area contributed by atoms with Gasteiger partial charge in [-0.3, -0.25) is 0 Å². The lowest BCUT2D eigenvalue weighted by atomic mass is 9.78. The number of rotatable bonds is 17. The molecule has 1 aromatic carbocycles. The Morgan fingerprint density at radius 3 is 2.17 bits per heavy atom. The second kappa shape index (κ2) is 16.7. The first-order valence-corrected chi connectivity index (χ1v) is 14.8. The van der Waals surface area contributed by atoms with Crippen molar-refractivity contribution in [3.05, 3.63) is 42.4 Å². The second-order valence-electron chi connectivity index (χ2n) is 10.8. The van der Waals surface area contributed by atoms with Gasteiger partial charge in [-0.05, 0) is 48.8 Å². The van der Waals surface area contributed by atoms with E-state index in [4.69, 9.17) is 9.72 Å². The third kappa shape index (κ3) is 9.94. The standard InChI is InChI=1S/C32H50N2O/c1-3-5-7-8-9-10-11-14-24-35-31-17-13-12-16-30(31)32-29(25-33-26-34-32)23-22-28-20-18-27(19-21-28)15-6-4-2/h12-13,16-17,25-28H,3-11,14-15,18-24H2,1-2H3. The molecule has 0 aliphatic heterocycles. The van der Waals surface area contributed by atoms with Gasteiger partial charge in [-0.1, -0.05) is 116 Å². The molecule has 0 amide bonds. The Morgan fingerprint density at radius 1 is 0.771 bits per heavy atom. The van der Waals surface area contributed by atoms with Crippen LogP contribution in [0.5, 0.6) is 5.75 Å². The Kier molecular flexibility index (Phi) is 13.2. The van der Waals surface area contributed by atoms with Crippen molar-refractivity contribution in [1.29, 1.82) is 0 Å². The fourth-order valence-corrected chi connectivity index (χ4v) is 5.65. The van der Waals surface area contributed by atoms with E-state index in [1.165, 1.54) is 102 Å². The summed E-state index contributed by atoms with van der Waals surface area (Å²) in [6.45, 7) is 5.37. The van der Waals surface area contributed by atoms with Gasteiger partial charge in [0.2, 0.25) is 0 Å². The lowest BCUT2D eigenvalue weighted by Gasteiger charge is -2.28. The van der Waals surface area contributed by atoms with Crippen LogP contribution in [0.2, 0.25) is 0 Å². The fourth-order valence-electron chi connectivity index (χ4n) is 5.65. The van der Waals surface area contributed by atoms with E-state index in [9.17, 15) is 0 Å². The molecule has 0 unspecified atom stereocenters. The van der Waals surface area contributed by atoms with Crippen LogP contribution in [0.3, 0.4) is 0 Å². The number of aromatic nitrogens is 2. The number of nitrogens with zero attached hydrogens (tertiary/aromatic N) is 2. The monoisotopic (exact) mass is 478 g/mol. The molecule has 3 rings (SSSR count). The third-order valence-electron chi connectivity index (χ3n) is 7.94. The highest BCUT2D eigenvalue weighted by molar-refractivity contribution is 5.69. The normalized spacial score (nSPS) is 18.0. The minimum absolute atomic E-state index is 0.785. The first-order valence-electron chi connectivity index (χ1n) is 14.8. The van der Waals surface area contributed by atoms with Crippen LogP contribution in [0, 0.1) is 11.8 Å². The number of hydrogen-bond acceptors (Lipinski definition) is 3. The highest BCUT2D eigenvalue weighted by atomic mass is 16.5. The van der Waals surface area contributed by atoms with E-state index in [1.54, 1.807) is 6.33 Å². The van der Waals surface area contributed by atoms with Crippen molar-refractivity contribution < 1.29 is 4.74 Å². The zero-order valence-electron chi connectivity index (χ0n) is 22.6. The number of unbranched alkanes of at least 4 members (excludes halogenated alkanes) is 8. The Morgan fingerprint density at radius 2 is 1.43 bits per heavy atom. The van der Waals surface area contributed by atoms with Gasteiger partial charge < -0.3 is 4.74 Å². The van der Waals surface area contributed by atoms with Crippen LogP contribution in [-0.4, -0.2) is 16.6 Å². The molecule has 1 heterocycles. The van der Waals surface area contributed by atoms with Gasteiger partial charge in [0.25, 0.3) is 0 Å². The molecule has 1 aliphatic rings. The molecule has 3 nitrogen and oxygen atoms in total. The van der Waals surface area contributed by atoms with Crippen molar-refractivity contribution in [3.63, 3.8) is 0 Å². The Balaban J connectivity index is 1.48. The van der Waals surface area contributed by atoms with Crippen molar-refractivity contribution >= 4 is 0 Å². The van der Waals surface area contributed by atoms with E-state index in [2.05, 4.69) is 43.1 Å². The number of hydrogen-bond donors (Lipinski definition) is 0. The molecule has 0 radical (unpaired) electrons. The molecule has 0 saturated heterocycles. The maximum absolute atomic E-state index is 6.27. The zero-order valence-corrected chi connectivity index (χ0v) is 22.6. The van der Waals surface area contributed by atoms with Crippen molar-refractivity contribution in [3.8, 4) is 17.0 Å². The topological polar surface area (TPSA) is 35.0 Å². The van der Waals surface area contributed by atoms with E-state index in [0.717, 1.165) is 48.3 Å². The van der Waals surface area contributed by atoms with Crippen LogP contribution in [0.4, 0.5) is 0 Å². The van der Waals surface area contributed by atoms with E-state index < -0.39 is 0 Å². The number of ether oxygens (including phenoxy) is 1. The molecule has 0 bridgehead atoms. The summed E-state index contributed by atoms with van der Waals surface area (Å²) in [4.78, 5) is 9.10. The molecule has 35 heavy (non-hydrogen) atoms. The molecule has 1 fully saturated rings. The number of aryl methyl sites for hydroxylation is 1. The van der Waals surface area contributed by atoms with Crippen LogP contribution in [0.15, 0.2) is 36.8 Å². The van der Waals surface area contributed by atoms with Crippen molar-refractivity contribution in [1.82, 2.24) is 9.97 Å². The zero-order chi connectivity index (χ0) is 24.6. The largest absolute Gasteiger partial charge is 0.493 e. The quantitative estimate of drug-likeness (QED) is 0.212. The Hall–Kier alpha value is -1.90. The van der Waals surface area contributed by atoms with E-state index in [0.29, 0.717) is 0 Å². The molecule has 194 valence electrons. The summed E-state index contributed by atoms with van der Waals surface area (Å²) < 4.78 is 6.27. The summed E-state index contributed by atoms with van der Waals surface area (Å²) >= 11 is 0. The van der Waals surface area contributed by atoms with Crippen LogP contribution in [0.25, 0.3) is 11.3 Å². The summed E-state index contributed by atoms with van der Waals surface area (Å²) in [6, 6.07) is 8.43. The average Bonchev–Trinajstić information content (AvgIpc) is 2.91. The minimum atomic E-state index is 0.785. The van der Waals surface area contributed by atoms with Gasteiger partial charge in [0.15, 0.2) is 0 Å². The van der Waals surface area contributed by atoms with Gasteiger partial charge in [0, 0.05) is 11.8 Å². The molecule has 3 heteroatoms. The highest BCUT2D eigenvalue weighted by Gasteiger charge is 2.21. The first-order chi connectivity index (χ1) is 17.3. The molecule has 0 spiro atoms. The molecular formula is C32H50N2O. The van der Waals surface area contributed by atoms with Gasteiger partial charge >= 0.3 is 0 Å².